The number of hydrogen-bond donors (Lipinski definition) is 2. The average molecular weight is 525 g/mol. The maximum absolute atomic E-state index is 13.8. The summed E-state index contributed by atoms with van der Waals surface area (Å²) in [4.78, 5) is 13.8. The molecule has 0 bridgehead atoms. The number of aryl methyl sites for hydroxylation is 1. The number of methoxy groups -OCH3 is 1. The van der Waals surface area contributed by atoms with Crippen molar-refractivity contribution in [3.8, 4) is 34.2 Å². The Morgan fingerprint density at radius 3 is 2.21 bits per heavy atom. The Hall–Kier alpha value is -3.93. The van der Waals surface area contributed by atoms with Crippen LogP contribution in [-0.4, -0.2) is 47.5 Å². The molecule has 0 atom stereocenters. The molecule has 2 saturated heterocycles. The lowest BCUT2D eigenvalue weighted by molar-refractivity contribution is 0.317. The van der Waals surface area contributed by atoms with Gasteiger partial charge in [-0.15, -0.1) is 5.10 Å². The lowest BCUT2D eigenvalue weighted by atomic mass is 9.97. The molecule has 4 aromatic rings. The number of nitrogens with one attached hydrogen (secondary N) is 2. The van der Waals surface area contributed by atoms with Gasteiger partial charge in [-0.2, -0.15) is 5.26 Å². The number of fused-ring (bicyclic) bond motifs is 1. The summed E-state index contributed by atoms with van der Waals surface area (Å²) in [5.41, 5.74) is 5.49. The van der Waals surface area contributed by atoms with Crippen LogP contribution in [-0.2, 0) is 6.54 Å². The van der Waals surface area contributed by atoms with Gasteiger partial charge in [0.05, 0.1) is 24.4 Å². The third-order valence-corrected chi connectivity index (χ3v) is 7.53. The molecule has 0 amide bonds. The summed E-state index contributed by atoms with van der Waals surface area (Å²) < 4.78 is 8.97. The highest BCUT2D eigenvalue weighted by Crippen LogP contribution is 2.36. The Labute approximate surface area is 229 Å². The first-order chi connectivity index (χ1) is 19.1. The van der Waals surface area contributed by atoms with Crippen LogP contribution in [0.2, 0.25) is 0 Å². The summed E-state index contributed by atoms with van der Waals surface area (Å²) >= 11 is 0. The van der Waals surface area contributed by atoms with E-state index in [4.69, 9.17) is 9.84 Å². The van der Waals surface area contributed by atoms with E-state index in [0.717, 1.165) is 53.9 Å². The third-order valence-electron chi connectivity index (χ3n) is 7.53. The molecule has 2 aliphatic rings. The average Bonchev–Trinajstić information content (AvgIpc) is 3.66. The Bertz CT molecular complexity index is 1500. The first-order valence-electron chi connectivity index (χ1n) is 13.8. The summed E-state index contributed by atoms with van der Waals surface area (Å²) in [7, 11) is 1.60. The zero-order valence-corrected chi connectivity index (χ0v) is 22.7. The molecule has 8 heteroatoms. The number of hydrogen-bond acceptors (Lipinski definition) is 6. The number of piperidine rings is 1. The van der Waals surface area contributed by atoms with Crippen molar-refractivity contribution < 1.29 is 4.74 Å². The second-order valence-corrected chi connectivity index (χ2v) is 10.3. The molecule has 4 heterocycles. The highest BCUT2D eigenvalue weighted by atomic mass is 16.5. The topological polar surface area (TPSA) is 96.4 Å². The van der Waals surface area contributed by atoms with Crippen molar-refractivity contribution in [3.63, 3.8) is 0 Å². The normalized spacial score (nSPS) is 15.5. The molecule has 0 spiro atoms. The van der Waals surface area contributed by atoms with Crippen LogP contribution in [0.3, 0.4) is 0 Å². The number of ether oxygens (including phenoxy) is 1. The summed E-state index contributed by atoms with van der Waals surface area (Å²) in [5.74, 6) is 0.951. The lowest BCUT2D eigenvalue weighted by Gasteiger charge is -2.21. The predicted octanol–water partition coefficient (Wildman–Crippen LogP) is 4.39. The Morgan fingerprint density at radius 1 is 0.974 bits per heavy atom. The number of nitrogens with zero attached hydrogens (tertiary/aromatic N) is 4. The van der Waals surface area contributed by atoms with Crippen molar-refractivity contribution in [3.05, 3.63) is 76.2 Å². The minimum absolute atomic E-state index is 0.169. The molecule has 0 radical (unpaired) electrons. The molecule has 0 aliphatic carbocycles. The molecule has 2 aliphatic heterocycles. The van der Waals surface area contributed by atoms with E-state index < -0.39 is 0 Å². The van der Waals surface area contributed by atoms with Gasteiger partial charge in [0.15, 0.2) is 5.75 Å². The van der Waals surface area contributed by atoms with Gasteiger partial charge in [0.25, 0.3) is 0 Å². The van der Waals surface area contributed by atoms with Crippen LogP contribution in [0.5, 0.6) is 5.75 Å². The van der Waals surface area contributed by atoms with E-state index in [1.807, 2.05) is 49.4 Å². The zero-order chi connectivity index (χ0) is 27.2. The Kier molecular flexibility index (Phi) is 8.40. The molecule has 2 aromatic heterocycles. The minimum atomic E-state index is -0.169. The van der Waals surface area contributed by atoms with E-state index in [1.54, 1.807) is 28.3 Å². The smallest absolute Gasteiger partial charge is 0.350 e. The second-order valence-electron chi connectivity index (χ2n) is 10.3. The molecule has 0 saturated carbocycles. The molecule has 8 nitrogen and oxygen atoms in total. The quantitative estimate of drug-likeness (QED) is 0.402. The number of aromatic nitrogens is 3. The third kappa shape index (κ3) is 5.90. The van der Waals surface area contributed by atoms with Gasteiger partial charge in [0.1, 0.15) is 0 Å². The van der Waals surface area contributed by atoms with E-state index in [9.17, 15) is 10.1 Å². The van der Waals surface area contributed by atoms with Crippen LogP contribution in [0.1, 0.15) is 36.8 Å². The fourth-order valence-electron chi connectivity index (χ4n) is 5.30. The van der Waals surface area contributed by atoms with Crippen molar-refractivity contribution in [1.82, 2.24) is 24.8 Å². The van der Waals surface area contributed by atoms with Gasteiger partial charge in [0, 0.05) is 12.1 Å². The largest absolute Gasteiger partial charge is 0.493 e. The van der Waals surface area contributed by atoms with Gasteiger partial charge in [-0.05, 0) is 94.0 Å². The van der Waals surface area contributed by atoms with Gasteiger partial charge < -0.3 is 15.4 Å². The van der Waals surface area contributed by atoms with Crippen molar-refractivity contribution in [2.45, 2.75) is 39.2 Å². The molecule has 2 aromatic carbocycles. The van der Waals surface area contributed by atoms with Crippen LogP contribution in [0.15, 0.2) is 59.4 Å². The number of pyridine rings is 1. The molecule has 2 fully saturated rings. The van der Waals surface area contributed by atoms with Crippen LogP contribution < -0.4 is 21.1 Å². The van der Waals surface area contributed by atoms with E-state index in [2.05, 4.69) is 16.7 Å². The minimum Gasteiger partial charge on any atom is -0.493 e. The van der Waals surface area contributed by atoms with Gasteiger partial charge in [-0.25, -0.2) is 13.9 Å². The van der Waals surface area contributed by atoms with Gasteiger partial charge in [-0.1, -0.05) is 42.0 Å². The maximum atomic E-state index is 13.8. The van der Waals surface area contributed by atoms with Crippen molar-refractivity contribution in [2.75, 3.05) is 33.3 Å². The fraction of sp³-hybridized carbons (Fsp3) is 0.387. The fourth-order valence-corrected chi connectivity index (χ4v) is 5.30. The Morgan fingerprint density at radius 2 is 1.62 bits per heavy atom. The highest BCUT2D eigenvalue weighted by Gasteiger charge is 2.23. The molecule has 202 valence electrons. The first-order valence-corrected chi connectivity index (χ1v) is 13.8. The van der Waals surface area contributed by atoms with Crippen LogP contribution in [0, 0.1) is 24.2 Å². The van der Waals surface area contributed by atoms with Crippen LogP contribution in [0.4, 0.5) is 0 Å². The van der Waals surface area contributed by atoms with Crippen molar-refractivity contribution >= 4 is 5.65 Å². The second kappa shape index (κ2) is 12.3. The monoisotopic (exact) mass is 524 g/mol. The van der Waals surface area contributed by atoms with Gasteiger partial charge in [-0.3, -0.25) is 0 Å². The Balaban J connectivity index is 0.000000555. The zero-order valence-electron chi connectivity index (χ0n) is 22.7. The summed E-state index contributed by atoms with van der Waals surface area (Å²) in [6, 6.07) is 19.6. The molecular formula is C31H36N6O2. The number of benzene rings is 2. The standard InChI is InChI=1S/C27H27N5O2.C4H9N/c1-18-3-7-22(8-4-18)25-23(21-9-5-19(16-28)6-10-21)15-24(34-2)26-30-31(27(33)32(25)26)17-20-11-13-29-14-12-20;1-2-4-5-3-1/h3-10,15,20,29H,11-14,17H2,1-2H3;5H,1-4H2. The summed E-state index contributed by atoms with van der Waals surface area (Å²) in [6.07, 6.45) is 4.83. The van der Waals surface area contributed by atoms with Crippen molar-refractivity contribution in [1.29, 1.82) is 5.26 Å². The molecule has 0 unspecified atom stereocenters. The highest BCUT2D eigenvalue weighted by molar-refractivity contribution is 5.85. The summed E-state index contributed by atoms with van der Waals surface area (Å²) in [5, 5.41) is 20.5. The molecule has 39 heavy (non-hydrogen) atoms. The number of nitriles is 1. The molecule has 6 rings (SSSR count). The van der Waals surface area contributed by atoms with Crippen LogP contribution >= 0.6 is 0 Å². The maximum Gasteiger partial charge on any atom is 0.350 e. The van der Waals surface area contributed by atoms with E-state index in [-0.39, 0.29) is 5.69 Å². The van der Waals surface area contributed by atoms with E-state index in [0.29, 0.717) is 29.4 Å². The SMILES string of the molecule is C1CCNC1.COc1cc(-c2ccc(C#N)cc2)c(-c2ccc(C)cc2)n2c(=O)n(CC3CCNCC3)nc12. The first kappa shape index (κ1) is 26.7. The lowest BCUT2D eigenvalue weighted by Crippen LogP contribution is -2.33. The van der Waals surface area contributed by atoms with E-state index in [1.165, 1.54) is 25.9 Å². The number of rotatable bonds is 5. The van der Waals surface area contributed by atoms with Gasteiger partial charge in [0.2, 0.25) is 5.65 Å². The molecule has 2 N–H and O–H groups in total. The van der Waals surface area contributed by atoms with Crippen LogP contribution in [0.25, 0.3) is 28.0 Å². The summed E-state index contributed by atoms with van der Waals surface area (Å²) in [6.45, 7) is 7.06. The van der Waals surface area contributed by atoms with E-state index >= 15 is 0 Å². The predicted molar refractivity (Wildman–Crippen MR) is 154 cm³/mol. The van der Waals surface area contributed by atoms with Crippen molar-refractivity contribution in [2.24, 2.45) is 5.92 Å². The molecular weight excluding hydrogens is 488 g/mol. The van der Waals surface area contributed by atoms with Gasteiger partial charge >= 0.3 is 5.69 Å².